The molecule has 0 atom stereocenters. The summed E-state index contributed by atoms with van der Waals surface area (Å²) in [6.45, 7) is 1.28. The van der Waals surface area contributed by atoms with E-state index in [0.717, 1.165) is 30.5 Å². The summed E-state index contributed by atoms with van der Waals surface area (Å²) in [6.07, 6.45) is -0.595. The second kappa shape index (κ2) is 7.81. The SMILES string of the molecule is O=C(CNc1cccc(C(F)(F)F)c1)N1CCC(c2c[nH]c3ccccc23)CC1. The molecule has 1 aromatic heterocycles. The second-order valence-corrected chi connectivity index (χ2v) is 7.38. The van der Waals surface area contributed by atoms with Gasteiger partial charge in [-0.25, -0.2) is 0 Å². The minimum absolute atomic E-state index is 0.0148. The van der Waals surface area contributed by atoms with Crippen LogP contribution >= 0.6 is 0 Å². The number of benzene rings is 2. The van der Waals surface area contributed by atoms with Crippen LogP contribution in [0.4, 0.5) is 18.9 Å². The van der Waals surface area contributed by atoms with Crippen molar-refractivity contribution >= 4 is 22.5 Å². The Balaban J connectivity index is 1.33. The smallest absolute Gasteiger partial charge is 0.376 e. The molecule has 4 nitrogen and oxygen atoms in total. The molecule has 0 aliphatic carbocycles. The number of hydrogen-bond acceptors (Lipinski definition) is 2. The normalized spacial score (nSPS) is 15.6. The Morgan fingerprint density at radius 2 is 1.86 bits per heavy atom. The van der Waals surface area contributed by atoms with Crippen LogP contribution < -0.4 is 5.32 Å². The molecule has 0 spiro atoms. The summed E-state index contributed by atoms with van der Waals surface area (Å²) in [5, 5.41) is 4.05. The molecule has 0 bridgehead atoms. The number of alkyl halides is 3. The molecule has 152 valence electrons. The van der Waals surface area contributed by atoms with Gasteiger partial charge in [-0.2, -0.15) is 13.2 Å². The standard InChI is InChI=1S/C22H22F3N3O/c23-22(24,25)16-4-3-5-17(12-16)26-14-21(29)28-10-8-15(9-11-28)19-13-27-20-7-2-1-6-18(19)20/h1-7,12-13,15,26-27H,8-11,14H2. The molecule has 1 amide bonds. The van der Waals surface area contributed by atoms with E-state index in [1.807, 2.05) is 12.1 Å². The zero-order valence-electron chi connectivity index (χ0n) is 15.8. The quantitative estimate of drug-likeness (QED) is 0.646. The zero-order chi connectivity index (χ0) is 20.4. The number of piperidine rings is 1. The van der Waals surface area contributed by atoms with Gasteiger partial charge in [-0.15, -0.1) is 0 Å². The Kier molecular flexibility index (Phi) is 5.22. The van der Waals surface area contributed by atoms with Crippen LogP contribution in [0.5, 0.6) is 0 Å². The molecule has 1 aliphatic heterocycles. The van der Waals surface area contributed by atoms with Gasteiger partial charge in [0.2, 0.25) is 5.91 Å². The molecule has 0 saturated carbocycles. The number of hydrogen-bond donors (Lipinski definition) is 2. The number of carbonyl (C=O) groups is 1. The highest BCUT2D eigenvalue weighted by molar-refractivity contribution is 5.84. The average Bonchev–Trinajstić information content (AvgIpc) is 3.16. The van der Waals surface area contributed by atoms with Gasteiger partial charge in [-0.05, 0) is 48.6 Å². The van der Waals surface area contributed by atoms with Crippen LogP contribution in [0.1, 0.15) is 29.9 Å². The Bertz CT molecular complexity index is 1000. The molecule has 2 heterocycles. The highest BCUT2D eigenvalue weighted by atomic mass is 19.4. The minimum Gasteiger partial charge on any atom is -0.376 e. The highest BCUT2D eigenvalue weighted by Crippen LogP contribution is 2.33. The number of halogens is 3. The Hall–Kier alpha value is -2.96. The van der Waals surface area contributed by atoms with Crippen molar-refractivity contribution in [2.24, 2.45) is 0 Å². The first-order chi connectivity index (χ1) is 13.9. The van der Waals surface area contributed by atoms with E-state index in [9.17, 15) is 18.0 Å². The molecule has 29 heavy (non-hydrogen) atoms. The maximum atomic E-state index is 12.8. The van der Waals surface area contributed by atoms with Gasteiger partial charge in [0.25, 0.3) is 0 Å². The molecular formula is C22H22F3N3O. The van der Waals surface area contributed by atoms with Gasteiger partial charge in [0.1, 0.15) is 0 Å². The molecule has 1 saturated heterocycles. The lowest BCUT2D eigenvalue weighted by Crippen LogP contribution is -2.40. The van der Waals surface area contributed by atoms with Gasteiger partial charge in [0, 0.05) is 35.9 Å². The number of aromatic amines is 1. The number of para-hydroxylation sites is 1. The number of amides is 1. The van der Waals surface area contributed by atoms with Crippen LogP contribution in [-0.4, -0.2) is 35.4 Å². The maximum absolute atomic E-state index is 12.8. The summed E-state index contributed by atoms with van der Waals surface area (Å²) < 4.78 is 38.4. The number of nitrogens with one attached hydrogen (secondary N) is 2. The van der Waals surface area contributed by atoms with E-state index >= 15 is 0 Å². The van der Waals surface area contributed by atoms with Crippen molar-refractivity contribution < 1.29 is 18.0 Å². The van der Waals surface area contributed by atoms with E-state index < -0.39 is 11.7 Å². The van der Waals surface area contributed by atoms with Crippen molar-refractivity contribution in [3.8, 4) is 0 Å². The Morgan fingerprint density at radius 3 is 2.62 bits per heavy atom. The lowest BCUT2D eigenvalue weighted by atomic mass is 9.89. The number of nitrogens with zero attached hydrogens (tertiary/aromatic N) is 1. The summed E-state index contributed by atoms with van der Waals surface area (Å²) >= 11 is 0. The van der Waals surface area contributed by atoms with Crippen molar-refractivity contribution in [1.82, 2.24) is 9.88 Å². The van der Waals surface area contributed by atoms with E-state index in [-0.39, 0.29) is 12.5 Å². The van der Waals surface area contributed by atoms with E-state index in [2.05, 4.69) is 28.6 Å². The lowest BCUT2D eigenvalue weighted by molar-refractivity contribution is -0.137. The molecule has 0 radical (unpaired) electrons. The number of fused-ring (bicyclic) bond motifs is 1. The number of aromatic nitrogens is 1. The number of H-pyrrole nitrogens is 1. The first-order valence-corrected chi connectivity index (χ1v) is 9.67. The molecule has 2 aromatic carbocycles. The molecule has 1 fully saturated rings. The molecular weight excluding hydrogens is 379 g/mol. The van der Waals surface area contributed by atoms with E-state index in [4.69, 9.17) is 0 Å². The zero-order valence-corrected chi connectivity index (χ0v) is 15.8. The Labute approximate surface area is 166 Å². The third-order valence-electron chi connectivity index (χ3n) is 5.54. The van der Waals surface area contributed by atoms with Crippen molar-refractivity contribution in [3.63, 3.8) is 0 Å². The van der Waals surface area contributed by atoms with Crippen LogP contribution in [0.25, 0.3) is 10.9 Å². The van der Waals surface area contributed by atoms with Crippen molar-refractivity contribution in [1.29, 1.82) is 0 Å². The number of anilines is 1. The third-order valence-corrected chi connectivity index (χ3v) is 5.54. The highest BCUT2D eigenvalue weighted by Gasteiger charge is 2.30. The van der Waals surface area contributed by atoms with Gasteiger partial charge in [-0.3, -0.25) is 4.79 Å². The fourth-order valence-electron chi connectivity index (χ4n) is 3.97. The van der Waals surface area contributed by atoms with Gasteiger partial charge >= 0.3 is 6.18 Å². The van der Waals surface area contributed by atoms with Gasteiger partial charge in [0.05, 0.1) is 12.1 Å². The molecule has 0 unspecified atom stereocenters. The third kappa shape index (κ3) is 4.23. The Morgan fingerprint density at radius 1 is 1.10 bits per heavy atom. The van der Waals surface area contributed by atoms with E-state index in [1.54, 1.807) is 4.90 Å². The molecule has 1 aliphatic rings. The van der Waals surface area contributed by atoms with Crippen molar-refractivity contribution in [2.45, 2.75) is 24.9 Å². The van der Waals surface area contributed by atoms with Crippen molar-refractivity contribution in [3.05, 3.63) is 65.9 Å². The average molecular weight is 401 g/mol. The van der Waals surface area contributed by atoms with Crippen LogP contribution in [0.2, 0.25) is 0 Å². The molecule has 2 N–H and O–H groups in total. The predicted molar refractivity (Wildman–Crippen MR) is 107 cm³/mol. The van der Waals surface area contributed by atoms with E-state index in [1.165, 1.54) is 23.1 Å². The summed E-state index contributed by atoms with van der Waals surface area (Å²) in [6, 6.07) is 13.1. The lowest BCUT2D eigenvalue weighted by Gasteiger charge is -2.32. The van der Waals surface area contributed by atoms with Crippen LogP contribution in [0.15, 0.2) is 54.7 Å². The van der Waals surface area contributed by atoms with Crippen molar-refractivity contribution in [2.75, 3.05) is 25.0 Å². The van der Waals surface area contributed by atoms with Gasteiger partial charge in [0.15, 0.2) is 0 Å². The molecule has 3 aromatic rings. The summed E-state index contributed by atoms with van der Waals surface area (Å²) in [5.41, 5.74) is 1.97. The first-order valence-electron chi connectivity index (χ1n) is 9.67. The number of rotatable bonds is 4. The number of carbonyl (C=O) groups excluding carboxylic acids is 1. The van der Waals surface area contributed by atoms with Crippen LogP contribution in [-0.2, 0) is 11.0 Å². The maximum Gasteiger partial charge on any atom is 0.416 e. The first kappa shape index (κ1) is 19.4. The van der Waals surface area contributed by atoms with Gasteiger partial charge in [-0.1, -0.05) is 24.3 Å². The second-order valence-electron chi connectivity index (χ2n) is 7.38. The monoisotopic (exact) mass is 401 g/mol. The summed E-state index contributed by atoms with van der Waals surface area (Å²) in [7, 11) is 0. The summed E-state index contributed by atoms with van der Waals surface area (Å²) in [4.78, 5) is 17.6. The van der Waals surface area contributed by atoms with E-state index in [0.29, 0.717) is 24.7 Å². The van der Waals surface area contributed by atoms with Crippen LogP contribution in [0.3, 0.4) is 0 Å². The fraction of sp³-hybridized carbons (Fsp3) is 0.318. The minimum atomic E-state index is -4.40. The van der Waals surface area contributed by atoms with Crippen LogP contribution in [0, 0.1) is 0 Å². The summed E-state index contributed by atoms with van der Waals surface area (Å²) in [5.74, 6) is 0.298. The topological polar surface area (TPSA) is 48.1 Å². The predicted octanol–water partition coefficient (Wildman–Crippen LogP) is 5.00. The molecule has 4 rings (SSSR count). The molecule has 7 heteroatoms. The fourth-order valence-corrected chi connectivity index (χ4v) is 3.97. The number of likely N-dealkylation sites (tertiary alicyclic amines) is 1. The van der Waals surface area contributed by atoms with Gasteiger partial charge < -0.3 is 15.2 Å². The largest absolute Gasteiger partial charge is 0.416 e.